The zero-order valence-electron chi connectivity index (χ0n) is 9.21. The topological polar surface area (TPSA) is 28.2 Å². The van der Waals surface area contributed by atoms with Crippen LogP contribution in [-0.4, -0.2) is 30.7 Å². The second-order valence-corrected chi connectivity index (χ2v) is 5.21. The summed E-state index contributed by atoms with van der Waals surface area (Å²) < 4.78 is 0.973. The lowest BCUT2D eigenvalue weighted by Crippen LogP contribution is -2.51. The molecular weight excluding hydrogens is 289 g/mol. The zero-order valence-corrected chi connectivity index (χ0v) is 11.6. The molecule has 2 heterocycles. The van der Waals surface area contributed by atoms with Crippen molar-refractivity contribution in [3.63, 3.8) is 0 Å². The number of nitrogens with zero attached hydrogens (tertiary/aromatic N) is 2. The maximum absolute atomic E-state index is 5.90. The molecule has 0 bridgehead atoms. The predicted octanol–water partition coefficient (Wildman–Crippen LogP) is 2.69. The average molecular weight is 305 g/mol. The molecule has 1 atom stereocenters. The van der Waals surface area contributed by atoms with Gasteiger partial charge in [-0.15, -0.1) is 0 Å². The van der Waals surface area contributed by atoms with Crippen LogP contribution < -0.4 is 10.2 Å². The van der Waals surface area contributed by atoms with Crippen LogP contribution in [0.25, 0.3) is 0 Å². The van der Waals surface area contributed by atoms with Crippen molar-refractivity contribution in [2.24, 2.45) is 0 Å². The highest BCUT2D eigenvalue weighted by atomic mass is 79.9. The standard InChI is InChI=1S/C11H15BrClN3/c1-2-9-7-14-3-4-16(9)11-10(12)5-8(13)6-15-11/h5-6,9,14H,2-4,7H2,1H3. The van der Waals surface area contributed by atoms with E-state index in [9.17, 15) is 0 Å². The molecule has 1 aromatic heterocycles. The number of nitrogens with one attached hydrogen (secondary N) is 1. The molecule has 1 saturated heterocycles. The molecule has 88 valence electrons. The van der Waals surface area contributed by atoms with Crippen LogP contribution in [0.4, 0.5) is 5.82 Å². The van der Waals surface area contributed by atoms with E-state index in [0.29, 0.717) is 11.1 Å². The second kappa shape index (κ2) is 5.34. The first-order valence-electron chi connectivity index (χ1n) is 5.50. The van der Waals surface area contributed by atoms with Crippen molar-refractivity contribution in [2.75, 3.05) is 24.5 Å². The van der Waals surface area contributed by atoms with Crippen molar-refractivity contribution >= 4 is 33.3 Å². The van der Waals surface area contributed by atoms with Crippen molar-refractivity contribution in [1.82, 2.24) is 10.3 Å². The van der Waals surface area contributed by atoms with Gasteiger partial charge in [0.1, 0.15) is 5.82 Å². The summed E-state index contributed by atoms with van der Waals surface area (Å²) in [6.07, 6.45) is 2.82. The fourth-order valence-corrected chi connectivity index (χ4v) is 2.89. The maximum Gasteiger partial charge on any atom is 0.143 e. The van der Waals surface area contributed by atoms with Crippen LogP contribution >= 0.6 is 27.5 Å². The largest absolute Gasteiger partial charge is 0.350 e. The van der Waals surface area contributed by atoms with E-state index in [4.69, 9.17) is 11.6 Å². The third kappa shape index (κ3) is 2.50. The van der Waals surface area contributed by atoms with Gasteiger partial charge in [-0.3, -0.25) is 0 Å². The molecule has 0 radical (unpaired) electrons. The number of halogens is 2. The van der Waals surface area contributed by atoms with E-state index < -0.39 is 0 Å². The van der Waals surface area contributed by atoms with Crippen LogP contribution in [0.5, 0.6) is 0 Å². The van der Waals surface area contributed by atoms with Gasteiger partial charge >= 0.3 is 0 Å². The molecule has 0 saturated carbocycles. The van der Waals surface area contributed by atoms with Gasteiger partial charge in [0, 0.05) is 31.9 Å². The first-order chi connectivity index (χ1) is 7.72. The molecule has 1 N–H and O–H groups in total. The number of piperazine rings is 1. The van der Waals surface area contributed by atoms with E-state index >= 15 is 0 Å². The molecule has 16 heavy (non-hydrogen) atoms. The van der Waals surface area contributed by atoms with Gasteiger partial charge < -0.3 is 10.2 Å². The minimum absolute atomic E-state index is 0.513. The van der Waals surface area contributed by atoms with E-state index in [1.54, 1.807) is 6.20 Å². The molecule has 3 nitrogen and oxygen atoms in total. The molecule has 1 fully saturated rings. The zero-order chi connectivity index (χ0) is 11.5. The minimum Gasteiger partial charge on any atom is -0.350 e. The Morgan fingerprint density at radius 3 is 3.19 bits per heavy atom. The van der Waals surface area contributed by atoms with E-state index in [1.165, 1.54) is 0 Å². The summed E-state index contributed by atoms with van der Waals surface area (Å²) in [4.78, 5) is 6.76. The first-order valence-corrected chi connectivity index (χ1v) is 6.68. The van der Waals surface area contributed by atoms with Crippen LogP contribution in [0.1, 0.15) is 13.3 Å². The fraction of sp³-hybridized carbons (Fsp3) is 0.545. The first kappa shape index (κ1) is 12.1. The summed E-state index contributed by atoms with van der Waals surface area (Å²) in [6.45, 7) is 5.22. The van der Waals surface area contributed by atoms with Gasteiger partial charge in [0.05, 0.1) is 9.50 Å². The average Bonchev–Trinajstić information content (AvgIpc) is 2.29. The lowest BCUT2D eigenvalue weighted by atomic mass is 10.1. The monoisotopic (exact) mass is 303 g/mol. The molecule has 1 unspecified atom stereocenters. The number of rotatable bonds is 2. The summed E-state index contributed by atoms with van der Waals surface area (Å²) in [5, 5.41) is 4.07. The second-order valence-electron chi connectivity index (χ2n) is 3.92. The summed E-state index contributed by atoms with van der Waals surface area (Å²) in [6, 6.07) is 2.41. The Morgan fingerprint density at radius 1 is 1.69 bits per heavy atom. The number of hydrogen-bond donors (Lipinski definition) is 1. The van der Waals surface area contributed by atoms with Crippen molar-refractivity contribution in [3.8, 4) is 0 Å². The van der Waals surface area contributed by atoms with Gasteiger partial charge in [-0.1, -0.05) is 18.5 Å². The van der Waals surface area contributed by atoms with Crippen molar-refractivity contribution in [3.05, 3.63) is 21.8 Å². The summed E-state index contributed by atoms with van der Waals surface area (Å²) >= 11 is 9.43. The molecular formula is C11H15BrClN3. The number of hydrogen-bond acceptors (Lipinski definition) is 3. The Hall–Kier alpha value is -0.320. The molecule has 1 aliphatic heterocycles. The van der Waals surface area contributed by atoms with Crippen LogP contribution in [0.3, 0.4) is 0 Å². The van der Waals surface area contributed by atoms with E-state index in [2.05, 4.69) is 38.1 Å². The van der Waals surface area contributed by atoms with Gasteiger partial charge in [0.15, 0.2) is 0 Å². The van der Waals surface area contributed by atoms with Gasteiger partial charge in [-0.2, -0.15) is 0 Å². The van der Waals surface area contributed by atoms with Crippen molar-refractivity contribution in [1.29, 1.82) is 0 Å². The predicted molar refractivity (Wildman–Crippen MR) is 71.2 cm³/mol. The molecule has 1 aromatic rings. The van der Waals surface area contributed by atoms with Crippen molar-refractivity contribution < 1.29 is 0 Å². The summed E-state index contributed by atoms with van der Waals surface area (Å²) in [5.41, 5.74) is 0. The van der Waals surface area contributed by atoms with E-state index in [-0.39, 0.29) is 0 Å². The Bertz CT molecular complexity index is 372. The number of pyridine rings is 1. The quantitative estimate of drug-likeness (QED) is 0.910. The maximum atomic E-state index is 5.90. The Morgan fingerprint density at radius 2 is 2.50 bits per heavy atom. The molecule has 2 rings (SSSR count). The summed E-state index contributed by atoms with van der Waals surface area (Å²) in [5.74, 6) is 0.998. The van der Waals surface area contributed by atoms with Gasteiger partial charge in [0.25, 0.3) is 0 Å². The molecule has 0 aromatic carbocycles. The van der Waals surface area contributed by atoms with Crippen LogP contribution in [0.15, 0.2) is 16.7 Å². The van der Waals surface area contributed by atoms with Crippen molar-refractivity contribution in [2.45, 2.75) is 19.4 Å². The van der Waals surface area contributed by atoms with Crippen LogP contribution in [0.2, 0.25) is 5.02 Å². The third-order valence-corrected chi connectivity index (χ3v) is 3.67. The third-order valence-electron chi connectivity index (χ3n) is 2.88. The van der Waals surface area contributed by atoms with E-state index in [1.807, 2.05) is 6.07 Å². The fourth-order valence-electron chi connectivity index (χ4n) is 2.02. The van der Waals surface area contributed by atoms with Gasteiger partial charge in [-0.25, -0.2) is 4.98 Å². The Labute approximate surface area is 109 Å². The molecule has 0 amide bonds. The Kier molecular flexibility index (Phi) is 4.05. The highest BCUT2D eigenvalue weighted by Gasteiger charge is 2.23. The van der Waals surface area contributed by atoms with Crippen LogP contribution in [0, 0.1) is 0 Å². The Balaban J connectivity index is 2.27. The molecule has 1 aliphatic rings. The van der Waals surface area contributed by atoms with Crippen LogP contribution in [-0.2, 0) is 0 Å². The molecule has 0 spiro atoms. The summed E-state index contributed by atoms with van der Waals surface area (Å²) in [7, 11) is 0. The lowest BCUT2D eigenvalue weighted by molar-refractivity contribution is 0.462. The lowest BCUT2D eigenvalue weighted by Gasteiger charge is -2.37. The number of anilines is 1. The van der Waals surface area contributed by atoms with Gasteiger partial charge in [0.2, 0.25) is 0 Å². The highest BCUT2D eigenvalue weighted by Crippen LogP contribution is 2.28. The van der Waals surface area contributed by atoms with Gasteiger partial charge in [-0.05, 0) is 28.4 Å². The SMILES string of the molecule is CCC1CNCCN1c1ncc(Cl)cc1Br. The van der Waals surface area contributed by atoms with E-state index in [0.717, 1.165) is 36.3 Å². The normalized spacial score (nSPS) is 21.2. The molecule has 0 aliphatic carbocycles. The smallest absolute Gasteiger partial charge is 0.143 e. The highest BCUT2D eigenvalue weighted by molar-refractivity contribution is 9.10. The minimum atomic E-state index is 0.513. The molecule has 5 heteroatoms. The number of aromatic nitrogens is 1.